The van der Waals surface area contributed by atoms with Crippen LogP contribution in [0.1, 0.15) is 6.92 Å². The van der Waals surface area contributed by atoms with Crippen LogP contribution in [-0.2, 0) is 19.6 Å². The highest BCUT2D eigenvalue weighted by Crippen LogP contribution is 2.35. The SMILES string of the molecule is CCOC(=O)C(CN(C(=O)O)S(=O)(=O)c1cc(Cl)sc1Cl)NC(=O)O. The number of halogens is 2. The highest BCUT2D eigenvalue weighted by atomic mass is 35.5. The van der Waals surface area contributed by atoms with Crippen molar-refractivity contribution >= 4 is 62.7 Å². The minimum Gasteiger partial charge on any atom is -0.465 e. The van der Waals surface area contributed by atoms with Crippen LogP contribution < -0.4 is 5.32 Å². The molecule has 1 rings (SSSR count). The van der Waals surface area contributed by atoms with Gasteiger partial charge in [-0.05, 0) is 13.0 Å². The summed E-state index contributed by atoms with van der Waals surface area (Å²) in [6, 6.07) is -0.819. The first-order valence-corrected chi connectivity index (χ1v) is 9.38. The van der Waals surface area contributed by atoms with Gasteiger partial charge in [0.15, 0.2) is 0 Å². The minimum absolute atomic E-state index is 0.000447. The fraction of sp³-hybridized carbons (Fsp3) is 0.364. The largest absolute Gasteiger partial charge is 0.465 e. The quantitative estimate of drug-likeness (QED) is 0.550. The molecule has 0 aliphatic rings. The molecular weight excluding hydrogens is 423 g/mol. The number of nitrogens with one attached hydrogen (secondary N) is 1. The van der Waals surface area contributed by atoms with E-state index in [-0.39, 0.29) is 19.6 Å². The molecule has 2 amide bonds. The van der Waals surface area contributed by atoms with Crippen LogP contribution in [-0.4, -0.2) is 60.3 Å². The van der Waals surface area contributed by atoms with Crippen molar-refractivity contribution in [3.05, 3.63) is 14.7 Å². The first-order valence-electron chi connectivity index (χ1n) is 6.37. The lowest BCUT2D eigenvalue weighted by Gasteiger charge is -2.23. The standard InChI is InChI=1S/C11H12Cl2N2O8S2/c1-2-23-9(16)5(14-10(17)18)4-15(11(19)20)25(21,22)6-3-7(12)24-8(6)13/h3,5,14H,2,4H2,1H3,(H,17,18)(H,19,20). The fourth-order valence-electron chi connectivity index (χ4n) is 1.64. The fourth-order valence-corrected chi connectivity index (χ4v) is 5.04. The Labute approximate surface area is 155 Å². The first kappa shape index (κ1) is 21.3. The molecule has 1 atom stereocenters. The first-order chi connectivity index (χ1) is 11.5. The van der Waals surface area contributed by atoms with E-state index in [0.29, 0.717) is 11.3 Å². The van der Waals surface area contributed by atoms with Crippen LogP contribution in [0, 0.1) is 0 Å². The van der Waals surface area contributed by atoms with Crippen LogP contribution in [0.5, 0.6) is 0 Å². The summed E-state index contributed by atoms with van der Waals surface area (Å²) in [5, 5.41) is 19.7. The molecular formula is C11H12Cl2N2O8S2. The summed E-state index contributed by atoms with van der Waals surface area (Å²) in [4.78, 5) is 33.3. The van der Waals surface area contributed by atoms with Gasteiger partial charge in [0, 0.05) is 0 Å². The van der Waals surface area contributed by atoms with Crippen LogP contribution in [0.4, 0.5) is 9.59 Å². The Hall–Kier alpha value is -1.76. The lowest BCUT2D eigenvalue weighted by molar-refractivity contribution is -0.145. The molecule has 0 saturated heterocycles. The number of nitrogens with zero attached hydrogens (tertiary/aromatic N) is 1. The molecule has 0 bridgehead atoms. The van der Waals surface area contributed by atoms with Gasteiger partial charge in [-0.25, -0.2) is 22.8 Å². The number of carbonyl (C=O) groups is 3. The Morgan fingerprint density at radius 1 is 1.36 bits per heavy atom. The molecule has 25 heavy (non-hydrogen) atoms. The number of sulfonamides is 1. The second-order valence-electron chi connectivity index (χ2n) is 4.26. The van der Waals surface area contributed by atoms with Gasteiger partial charge >= 0.3 is 18.2 Å². The molecule has 0 aromatic carbocycles. The highest BCUT2D eigenvalue weighted by Gasteiger charge is 2.37. The number of amides is 2. The number of carboxylic acid groups (broad SMARTS) is 2. The van der Waals surface area contributed by atoms with E-state index >= 15 is 0 Å². The molecule has 14 heteroatoms. The smallest absolute Gasteiger partial charge is 0.421 e. The van der Waals surface area contributed by atoms with E-state index in [1.807, 2.05) is 0 Å². The number of hydrogen-bond acceptors (Lipinski definition) is 7. The monoisotopic (exact) mass is 434 g/mol. The van der Waals surface area contributed by atoms with Crippen molar-refractivity contribution in [2.24, 2.45) is 0 Å². The van der Waals surface area contributed by atoms with E-state index in [1.54, 1.807) is 5.32 Å². The maximum Gasteiger partial charge on any atom is 0.421 e. The summed E-state index contributed by atoms with van der Waals surface area (Å²) in [6.07, 6.45) is -3.61. The molecule has 1 aromatic rings. The van der Waals surface area contributed by atoms with E-state index in [0.717, 1.165) is 6.07 Å². The van der Waals surface area contributed by atoms with Crippen LogP contribution in [0.3, 0.4) is 0 Å². The number of esters is 1. The van der Waals surface area contributed by atoms with Crippen molar-refractivity contribution in [2.45, 2.75) is 17.9 Å². The number of carbonyl (C=O) groups excluding carboxylic acids is 1. The third kappa shape index (κ3) is 5.36. The normalized spacial score (nSPS) is 12.3. The van der Waals surface area contributed by atoms with Gasteiger partial charge in [0.25, 0.3) is 10.0 Å². The van der Waals surface area contributed by atoms with Crippen molar-refractivity contribution in [1.29, 1.82) is 0 Å². The molecule has 0 aliphatic carbocycles. The van der Waals surface area contributed by atoms with Crippen LogP contribution in [0.25, 0.3) is 0 Å². The topological polar surface area (TPSA) is 150 Å². The van der Waals surface area contributed by atoms with E-state index in [2.05, 4.69) is 4.74 Å². The maximum atomic E-state index is 12.5. The molecule has 0 fully saturated rings. The molecule has 1 aromatic heterocycles. The lowest BCUT2D eigenvalue weighted by atomic mass is 10.3. The van der Waals surface area contributed by atoms with Gasteiger partial charge in [0.05, 0.1) is 17.5 Å². The zero-order chi connectivity index (χ0) is 19.4. The summed E-state index contributed by atoms with van der Waals surface area (Å²) in [7, 11) is -4.70. The number of hydrogen-bond donors (Lipinski definition) is 3. The van der Waals surface area contributed by atoms with Gasteiger partial charge in [0.2, 0.25) is 0 Å². The minimum atomic E-state index is -4.70. The third-order valence-electron chi connectivity index (χ3n) is 2.62. The highest BCUT2D eigenvalue weighted by molar-refractivity contribution is 7.90. The predicted octanol–water partition coefficient (Wildman–Crippen LogP) is 1.92. The van der Waals surface area contributed by atoms with E-state index in [1.165, 1.54) is 6.92 Å². The molecule has 0 saturated carbocycles. The molecule has 1 unspecified atom stereocenters. The van der Waals surface area contributed by atoms with Crippen molar-refractivity contribution in [3.63, 3.8) is 0 Å². The Morgan fingerprint density at radius 3 is 2.36 bits per heavy atom. The number of thiophene rings is 1. The molecule has 140 valence electrons. The van der Waals surface area contributed by atoms with Crippen LogP contribution in [0.2, 0.25) is 8.67 Å². The van der Waals surface area contributed by atoms with Gasteiger partial charge < -0.3 is 20.3 Å². The molecule has 0 radical (unpaired) electrons. The maximum absolute atomic E-state index is 12.5. The van der Waals surface area contributed by atoms with Gasteiger partial charge in [-0.2, -0.15) is 4.31 Å². The Kier molecular flexibility index (Phi) is 7.29. The molecule has 0 spiro atoms. The molecule has 3 N–H and O–H groups in total. The van der Waals surface area contributed by atoms with E-state index < -0.39 is 45.7 Å². The molecule has 0 aliphatic heterocycles. The van der Waals surface area contributed by atoms with Crippen molar-refractivity contribution in [1.82, 2.24) is 9.62 Å². The third-order valence-corrected chi connectivity index (χ3v) is 6.12. The Balaban J connectivity index is 3.25. The van der Waals surface area contributed by atoms with Crippen LogP contribution >= 0.6 is 34.5 Å². The second kappa shape index (κ2) is 8.56. The van der Waals surface area contributed by atoms with E-state index in [9.17, 15) is 27.9 Å². The summed E-state index contributed by atoms with van der Waals surface area (Å²) in [5.41, 5.74) is 0. The zero-order valence-corrected chi connectivity index (χ0v) is 15.6. The number of ether oxygens (including phenoxy) is 1. The van der Waals surface area contributed by atoms with Crippen LogP contribution in [0.15, 0.2) is 11.0 Å². The van der Waals surface area contributed by atoms with Crippen molar-refractivity contribution < 1.29 is 37.8 Å². The lowest BCUT2D eigenvalue weighted by Crippen LogP contribution is -2.51. The van der Waals surface area contributed by atoms with E-state index in [4.69, 9.17) is 28.3 Å². The molecule has 1 heterocycles. The predicted molar refractivity (Wildman–Crippen MR) is 87.8 cm³/mol. The Bertz CT molecular complexity index is 779. The van der Waals surface area contributed by atoms with Gasteiger partial charge in [-0.1, -0.05) is 23.2 Å². The van der Waals surface area contributed by atoms with Crippen molar-refractivity contribution in [3.8, 4) is 0 Å². The summed E-state index contributed by atoms with van der Waals surface area (Å²) < 4.78 is 29.2. The average Bonchev–Trinajstić information content (AvgIpc) is 2.82. The van der Waals surface area contributed by atoms with Gasteiger partial charge in [-0.3, -0.25) is 0 Å². The number of rotatable bonds is 7. The summed E-state index contributed by atoms with van der Waals surface area (Å²) in [6.45, 7) is 0.267. The van der Waals surface area contributed by atoms with Gasteiger partial charge in [0.1, 0.15) is 15.3 Å². The zero-order valence-electron chi connectivity index (χ0n) is 12.4. The summed E-state index contributed by atoms with van der Waals surface area (Å²) >= 11 is 12.1. The summed E-state index contributed by atoms with van der Waals surface area (Å²) in [5.74, 6) is -1.14. The average molecular weight is 435 g/mol. The molecule has 10 nitrogen and oxygen atoms in total. The second-order valence-corrected chi connectivity index (χ2v) is 8.38. The van der Waals surface area contributed by atoms with Gasteiger partial charge in [-0.15, -0.1) is 11.3 Å². The van der Waals surface area contributed by atoms with Crippen molar-refractivity contribution in [2.75, 3.05) is 13.2 Å². The Morgan fingerprint density at radius 2 is 1.96 bits per heavy atom.